The fourth-order valence-corrected chi connectivity index (χ4v) is 2.50. The van der Waals surface area contributed by atoms with Gasteiger partial charge in [0.25, 0.3) is 5.91 Å². The molecule has 1 aliphatic rings. The van der Waals surface area contributed by atoms with Crippen LogP contribution in [0.4, 0.5) is 5.69 Å². The first-order valence-electron chi connectivity index (χ1n) is 5.63. The van der Waals surface area contributed by atoms with Crippen LogP contribution in [0.2, 0.25) is 0 Å². The van der Waals surface area contributed by atoms with Crippen LogP contribution < -0.4 is 11.5 Å². The van der Waals surface area contributed by atoms with Crippen LogP contribution in [0.15, 0.2) is 22.7 Å². The molecule has 1 saturated heterocycles. The Morgan fingerprint density at radius 1 is 1.39 bits per heavy atom. The third-order valence-corrected chi connectivity index (χ3v) is 4.02. The van der Waals surface area contributed by atoms with E-state index in [0.29, 0.717) is 35.2 Å². The van der Waals surface area contributed by atoms with Crippen LogP contribution in [0.25, 0.3) is 0 Å². The molecule has 0 bridgehead atoms. The van der Waals surface area contributed by atoms with Gasteiger partial charge in [0, 0.05) is 18.8 Å². The van der Waals surface area contributed by atoms with Crippen LogP contribution in [-0.4, -0.2) is 29.8 Å². The van der Waals surface area contributed by atoms with Gasteiger partial charge in [-0.25, -0.2) is 0 Å². The maximum Gasteiger partial charge on any atom is 0.255 e. The van der Waals surface area contributed by atoms with E-state index in [1.807, 2.05) is 0 Å². The number of hydrogen-bond acceptors (Lipinski definition) is 3. The van der Waals surface area contributed by atoms with Crippen molar-refractivity contribution in [3.05, 3.63) is 28.2 Å². The lowest BCUT2D eigenvalue weighted by Gasteiger charge is -2.17. The predicted molar refractivity (Wildman–Crippen MR) is 71.8 cm³/mol. The van der Waals surface area contributed by atoms with Crippen molar-refractivity contribution in [1.82, 2.24) is 4.90 Å². The van der Waals surface area contributed by atoms with E-state index in [4.69, 9.17) is 11.5 Å². The molecular formula is C12H14BrN3O2. The van der Waals surface area contributed by atoms with Crippen molar-refractivity contribution in [2.45, 2.75) is 6.42 Å². The summed E-state index contributed by atoms with van der Waals surface area (Å²) in [6.45, 7) is 0.934. The Bertz CT molecular complexity index is 504. The molecule has 0 aromatic heterocycles. The number of nitrogens with zero attached hydrogens (tertiary/aromatic N) is 1. The number of likely N-dealkylation sites (tertiary alicyclic amines) is 1. The maximum absolute atomic E-state index is 12.3. The molecule has 1 aliphatic heterocycles. The number of anilines is 1. The molecule has 2 rings (SSSR count). The molecule has 1 heterocycles. The lowest BCUT2D eigenvalue weighted by molar-refractivity contribution is -0.121. The Balaban J connectivity index is 2.18. The summed E-state index contributed by atoms with van der Waals surface area (Å²) in [6, 6.07) is 5.16. The van der Waals surface area contributed by atoms with Gasteiger partial charge in [-0.3, -0.25) is 9.59 Å². The summed E-state index contributed by atoms with van der Waals surface area (Å²) in [4.78, 5) is 25.0. The molecule has 0 aliphatic carbocycles. The van der Waals surface area contributed by atoms with Gasteiger partial charge in [-0.1, -0.05) is 6.07 Å². The summed E-state index contributed by atoms with van der Waals surface area (Å²) < 4.78 is 0.595. The second-order valence-electron chi connectivity index (χ2n) is 4.35. The summed E-state index contributed by atoms with van der Waals surface area (Å²) in [6.07, 6.45) is 0.626. The lowest BCUT2D eigenvalue weighted by Crippen LogP contribution is -2.32. The summed E-state index contributed by atoms with van der Waals surface area (Å²) in [7, 11) is 0. The van der Waals surface area contributed by atoms with Gasteiger partial charge in [0.15, 0.2) is 0 Å². The fourth-order valence-electron chi connectivity index (χ4n) is 2.06. The second kappa shape index (κ2) is 4.97. The molecule has 6 heteroatoms. The number of hydrogen-bond donors (Lipinski definition) is 2. The number of amides is 2. The third kappa shape index (κ3) is 2.33. The van der Waals surface area contributed by atoms with Gasteiger partial charge in [0.05, 0.1) is 16.0 Å². The molecular weight excluding hydrogens is 298 g/mol. The van der Waals surface area contributed by atoms with Gasteiger partial charge >= 0.3 is 0 Å². The Morgan fingerprint density at radius 3 is 2.72 bits per heavy atom. The van der Waals surface area contributed by atoms with E-state index in [1.54, 1.807) is 23.1 Å². The Hall–Kier alpha value is -1.56. The molecule has 0 radical (unpaired) electrons. The zero-order chi connectivity index (χ0) is 13.3. The number of benzene rings is 1. The number of nitrogen functional groups attached to an aromatic ring is 1. The fraction of sp³-hybridized carbons (Fsp3) is 0.333. The van der Waals surface area contributed by atoms with Crippen molar-refractivity contribution in [1.29, 1.82) is 0 Å². The third-order valence-electron chi connectivity index (χ3n) is 3.14. The monoisotopic (exact) mass is 311 g/mol. The number of primary amides is 1. The molecule has 5 nitrogen and oxygen atoms in total. The van der Waals surface area contributed by atoms with Gasteiger partial charge < -0.3 is 16.4 Å². The number of rotatable bonds is 2. The topological polar surface area (TPSA) is 89.4 Å². The lowest BCUT2D eigenvalue weighted by atomic mass is 10.1. The van der Waals surface area contributed by atoms with Gasteiger partial charge in [0.1, 0.15) is 0 Å². The molecule has 0 spiro atoms. The van der Waals surface area contributed by atoms with E-state index in [-0.39, 0.29) is 17.7 Å². The van der Waals surface area contributed by atoms with Gasteiger partial charge in [-0.2, -0.15) is 0 Å². The Kier molecular flexibility index (Phi) is 3.56. The smallest absolute Gasteiger partial charge is 0.255 e. The molecule has 2 amide bonds. The van der Waals surface area contributed by atoms with Crippen LogP contribution >= 0.6 is 15.9 Å². The molecule has 1 unspecified atom stereocenters. The quantitative estimate of drug-likeness (QED) is 0.798. The van der Waals surface area contributed by atoms with Crippen LogP contribution in [0.1, 0.15) is 16.8 Å². The average molecular weight is 312 g/mol. The van der Waals surface area contributed by atoms with E-state index < -0.39 is 0 Å². The molecule has 1 atom stereocenters. The highest BCUT2D eigenvalue weighted by Crippen LogP contribution is 2.27. The molecule has 4 N–H and O–H groups in total. The van der Waals surface area contributed by atoms with Crippen molar-refractivity contribution in [3.63, 3.8) is 0 Å². The minimum Gasteiger partial charge on any atom is -0.398 e. The van der Waals surface area contributed by atoms with E-state index in [0.717, 1.165) is 0 Å². The highest BCUT2D eigenvalue weighted by Gasteiger charge is 2.30. The predicted octanol–water partition coefficient (Wildman–Crippen LogP) is 0.979. The Morgan fingerprint density at radius 2 is 2.11 bits per heavy atom. The summed E-state index contributed by atoms with van der Waals surface area (Å²) >= 11 is 3.31. The van der Waals surface area contributed by atoms with Gasteiger partial charge in [-0.05, 0) is 34.5 Å². The summed E-state index contributed by atoms with van der Waals surface area (Å²) in [5.74, 6) is -0.719. The minimum absolute atomic E-state index is 0.127. The van der Waals surface area contributed by atoms with Crippen LogP contribution in [0.3, 0.4) is 0 Å². The van der Waals surface area contributed by atoms with Crippen molar-refractivity contribution in [2.75, 3.05) is 18.8 Å². The van der Waals surface area contributed by atoms with E-state index in [1.165, 1.54) is 0 Å². The molecule has 1 aromatic carbocycles. The number of halogens is 1. The first-order valence-corrected chi connectivity index (χ1v) is 6.42. The van der Waals surface area contributed by atoms with Crippen molar-refractivity contribution >= 4 is 33.4 Å². The second-order valence-corrected chi connectivity index (χ2v) is 5.14. The van der Waals surface area contributed by atoms with Crippen LogP contribution in [0, 0.1) is 5.92 Å². The highest BCUT2D eigenvalue weighted by molar-refractivity contribution is 9.10. The molecule has 18 heavy (non-hydrogen) atoms. The molecule has 1 fully saturated rings. The van der Waals surface area contributed by atoms with Crippen molar-refractivity contribution < 1.29 is 9.59 Å². The molecule has 96 valence electrons. The summed E-state index contributed by atoms with van der Waals surface area (Å²) in [5, 5.41) is 0. The molecule has 1 aromatic rings. The van der Waals surface area contributed by atoms with Crippen LogP contribution in [0.5, 0.6) is 0 Å². The number of carbonyl (C=O) groups excluding carboxylic acids is 2. The first kappa shape index (κ1) is 12.9. The highest BCUT2D eigenvalue weighted by atomic mass is 79.9. The van der Waals surface area contributed by atoms with Crippen molar-refractivity contribution in [2.24, 2.45) is 11.7 Å². The normalized spacial score (nSPS) is 18.9. The van der Waals surface area contributed by atoms with E-state index in [2.05, 4.69) is 15.9 Å². The minimum atomic E-state index is -0.350. The molecule has 0 saturated carbocycles. The van der Waals surface area contributed by atoms with E-state index in [9.17, 15) is 9.59 Å². The van der Waals surface area contributed by atoms with Crippen molar-refractivity contribution in [3.8, 4) is 0 Å². The van der Waals surface area contributed by atoms with E-state index >= 15 is 0 Å². The zero-order valence-electron chi connectivity index (χ0n) is 9.73. The number of carbonyl (C=O) groups is 2. The standard InChI is InChI=1S/C12H14BrN3O2/c13-10-8(2-1-3-9(10)14)12(18)16-5-4-7(6-16)11(15)17/h1-3,7H,4-6,14H2,(H2,15,17). The Labute approximate surface area is 113 Å². The van der Waals surface area contributed by atoms with Gasteiger partial charge in [0.2, 0.25) is 5.91 Å². The zero-order valence-corrected chi connectivity index (χ0v) is 11.3. The average Bonchev–Trinajstić information content (AvgIpc) is 2.81. The van der Waals surface area contributed by atoms with Crippen LogP contribution in [-0.2, 0) is 4.79 Å². The maximum atomic E-state index is 12.3. The largest absolute Gasteiger partial charge is 0.398 e. The number of nitrogens with two attached hydrogens (primary N) is 2. The first-order chi connectivity index (χ1) is 8.50. The SMILES string of the molecule is NC(=O)C1CCN(C(=O)c2cccc(N)c2Br)C1. The van der Waals surface area contributed by atoms with Gasteiger partial charge in [-0.15, -0.1) is 0 Å². The summed E-state index contributed by atoms with van der Waals surface area (Å²) in [5.41, 5.74) is 12.0.